The summed E-state index contributed by atoms with van der Waals surface area (Å²) in [6.07, 6.45) is 4.43. The Morgan fingerprint density at radius 1 is 1.32 bits per heavy atom. The van der Waals surface area contributed by atoms with Crippen LogP contribution in [0.3, 0.4) is 0 Å². The molecule has 0 unspecified atom stereocenters. The summed E-state index contributed by atoms with van der Waals surface area (Å²) in [5.74, 6) is -0.164. The van der Waals surface area contributed by atoms with E-state index in [2.05, 4.69) is 11.9 Å². The Balaban J connectivity index is 1.68. The van der Waals surface area contributed by atoms with Crippen molar-refractivity contribution in [3.63, 3.8) is 0 Å². The fourth-order valence-electron chi connectivity index (χ4n) is 3.92. The van der Waals surface area contributed by atoms with Gasteiger partial charge in [0, 0.05) is 43.3 Å². The van der Waals surface area contributed by atoms with E-state index in [1.807, 2.05) is 4.90 Å². The van der Waals surface area contributed by atoms with Gasteiger partial charge in [0.05, 0.1) is 5.92 Å². The first-order chi connectivity index (χ1) is 12.1. The first-order valence-electron chi connectivity index (χ1n) is 8.65. The van der Waals surface area contributed by atoms with Gasteiger partial charge in [0.25, 0.3) is 11.5 Å². The number of fused-ring (bicyclic) bond motifs is 5. The van der Waals surface area contributed by atoms with Crippen LogP contribution >= 0.6 is 11.3 Å². The van der Waals surface area contributed by atoms with Crippen LogP contribution in [-0.2, 0) is 4.79 Å². The van der Waals surface area contributed by atoms with Crippen molar-refractivity contribution in [2.45, 2.75) is 32.2 Å². The molecule has 0 aromatic carbocycles. The number of carbonyl (C=O) groups excluding carboxylic acids is 2. The zero-order valence-electron chi connectivity index (χ0n) is 14.1. The zero-order valence-corrected chi connectivity index (χ0v) is 14.9. The van der Waals surface area contributed by atoms with Crippen LogP contribution in [0.2, 0.25) is 0 Å². The maximum absolute atomic E-state index is 13.1. The van der Waals surface area contributed by atoms with Gasteiger partial charge in [-0.1, -0.05) is 6.92 Å². The van der Waals surface area contributed by atoms with Gasteiger partial charge in [-0.2, -0.15) is 4.98 Å². The van der Waals surface area contributed by atoms with E-state index in [1.165, 1.54) is 17.4 Å². The molecule has 2 aromatic heterocycles. The largest absolute Gasteiger partial charge is 0.338 e. The fourth-order valence-corrected chi connectivity index (χ4v) is 4.64. The van der Waals surface area contributed by atoms with Crippen molar-refractivity contribution in [1.82, 2.24) is 19.2 Å². The minimum Gasteiger partial charge on any atom is -0.338 e. The Bertz CT molecular complexity index is 889. The molecule has 5 rings (SSSR count). The highest BCUT2D eigenvalue weighted by atomic mass is 32.1. The molecule has 2 bridgehead atoms. The van der Waals surface area contributed by atoms with Crippen LogP contribution in [0.4, 0.5) is 0 Å². The van der Waals surface area contributed by atoms with Crippen molar-refractivity contribution in [3.05, 3.63) is 33.7 Å². The number of amides is 2. The number of rotatable bonds is 3. The molecule has 5 heterocycles. The lowest BCUT2D eigenvalue weighted by atomic mass is 9.94. The van der Waals surface area contributed by atoms with Crippen LogP contribution in [0, 0.1) is 5.92 Å². The second-order valence-corrected chi connectivity index (χ2v) is 7.58. The Kier molecular flexibility index (Phi) is 4.07. The van der Waals surface area contributed by atoms with Gasteiger partial charge in [0.1, 0.15) is 5.69 Å². The average molecular weight is 360 g/mol. The average Bonchev–Trinajstić information content (AvgIpc) is 2.89. The monoisotopic (exact) mass is 360 g/mol. The van der Waals surface area contributed by atoms with Gasteiger partial charge in [0.2, 0.25) is 5.91 Å². The number of aromatic nitrogens is 2. The smallest absolute Gasteiger partial charge is 0.274 e. The van der Waals surface area contributed by atoms with E-state index in [9.17, 15) is 14.4 Å². The highest BCUT2D eigenvalue weighted by Crippen LogP contribution is 2.30. The summed E-state index contributed by atoms with van der Waals surface area (Å²) in [6, 6.07) is 1.37. The van der Waals surface area contributed by atoms with E-state index in [4.69, 9.17) is 0 Å². The summed E-state index contributed by atoms with van der Waals surface area (Å²) >= 11 is 1.32. The highest BCUT2D eigenvalue weighted by Gasteiger charge is 2.41. The van der Waals surface area contributed by atoms with Crippen LogP contribution in [0.1, 0.15) is 36.7 Å². The van der Waals surface area contributed by atoms with E-state index in [0.717, 1.165) is 25.8 Å². The van der Waals surface area contributed by atoms with E-state index >= 15 is 0 Å². The summed E-state index contributed by atoms with van der Waals surface area (Å²) in [4.78, 5) is 45.7. The lowest BCUT2D eigenvalue weighted by molar-refractivity contribution is -0.139. The highest BCUT2D eigenvalue weighted by molar-refractivity contribution is 7.15. The Labute approximate surface area is 148 Å². The molecule has 3 saturated heterocycles. The summed E-state index contributed by atoms with van der Waals surface area (Å²) in [5.41, 5.74) is -0.0840. The molecule has 2 amide bonds. The molecule has 2 aromatic rings. The lowest BCUT2D eigenvalue weighted by Gasteiger charge is -2.35. The summed E-state index contributed by atoms with van der Waals surface area (Å²) < 4.78 is 1.66. The van der Waals surface area contributed by atoms with Gasteiger partial charge >= 0.3 is 0 Å². The molecule has 25 heavy (non-hydrogen) atoms. The Morgan fingerprint density at radius 2 is 2.16 bits per heavy atom. The maximum atomic E-state index is 13.1. The molecule has 0 aliphatic carbocycles. The lowest BCUT2D eigenvalue weighted by Crippen LogP contribution is -2.48. The van der Waals surface area contributed by atoms with E-state index in [-0.39, 0.29) is 23.8 Å². The third kappa shape index (κ3) is 2.74. The van der Waals surface area contributed by atoms with E-state index < -0.39 is 5.56 Å². The molecular formula is C17H20N4O3S. The molecule has 2 atom stereocenters. The molecule has 3 aliphatic heterocycles. The van der Waals surface area contributed by atoms with Gasteiger partial charge in [-0.25, -0.2) is 0 Å². The number of hydrogen-bond donors (Lipinski definition) is 0. The second-order valence-electron chi connectivity index (χ2n) is 6.71. The van der Waals surface area contributed by atoms with Crippen LogP contribution in [-0.4, -0.2) is 56.7 Å². The van der Waals surface area contributed by atoms with Crippen molar-refractivity contribution in [3.8, 4) is 0 Å². The molecule has 132 valence electrons. The first kappa shape index (κ1) is 16.3. The standard InChI is InChI=1S/C17H20N4O3S/c1-2-5-20-12-4-3-11(15(20)23)9-19(10-12)16(24)13-8-14(22)18-17-21(13)6-7-25-17/h6-8,11-12H,2-5,9-10H2,1H3/t11-,12+/m0/s1. The molecule has 0 radical (unpaired) electrons. The van der Waals surface area contributed by atoms with Gasteiger partial charge in [-0.05, 0) is 19.3 Å². The number of thiazole rings is 1. The van der Waals surface area contributed by atoms with Gasteiger partial charge in [-0.3, -0.25) is 18.8 Å². The van der Waals surface area contributed by atoms with E-state index in [1.54, 1.807) is 20.9 Å². The summed E-state index contributed by atoms with van der Waals surface area (Å²) in [6.45, 7) is 3.76. The van der Waals surface area contributed by atoms with E-state index in [0.29, 0.717) is 23.7 Å². The number of nitrogens with zero attached hydrogens (tertiary/aromatic N) is 4. The molecular weight excluding hydrogens is 340 g/mol. The van der Waals surface area contributed by atoms with Crippen molar-refractivity contribution >= 4 is 28.1 Å². The topological polar surface area (TPSA) is 75.0 Å². The molecule has 3 aliphatic rings. The number of hydrogen-bond acceptors (Lipinski definition) is 5. The number of piperidine rings is 1. The minimum absolute atomic E-state index is 0.0756. The van der Waals surface area contributed by atoms with Crippen LogP contribution in [0.5, 0.6) is 0 Å². The summed E-state index contributed by atoms with van der Waals surface area (Å²) in [7, 11) is 0. The Morgan fingerprint density at radius 3 is 2.96 bits per heavy atom. The molecule has 3 fully saturated rings. The maximum Gasteiger partial charge on any atom is 0.274 e. The van der Waals surface area contributed by atoms with Crippen molar-refractivity contribution in [2.75, 3.05) is 19.6 Å². The molecule has 0 spiro atoms. The van der Waals surface area contributed by atoms with Crippen molar-refractivity contribution in [1.29, 1.82) is 0 Å². The third-order valence-corrected chi connectivity index (χ3v) is 5.84. The van der Waals surface area contributed by atoms with Crippen LogP contribution in [0.25, 0.3) is 4.96 Å². The molecule has 8 heteroatoms. The third-order valence-electron chi connectivity index (χ3n) is 5.08. The number of carbonyl (C=O) groups is 2. The van der Waals surface area contributed by atoms with Crippen molar-refractivity contribution in [2.24, 2.45) is 5.92 Å². The van der Waals surface area contributed by atoms with Crippen LogP contribution in [0.15, 0.2) is 22.4 Å². The fraction of sp³-hybridized carbons (Fsp3) is 0.529. The zero-order chi connectivity index (χ0) is 17.6. The molecule has 0 N–H and O–H groups in total. The molecule has 7 nitrogen and oxygen atoms in total. The quantitative estimate of drug-likeness (QED) is 0.825. The normalized spacial score (nSPS) is 23.3. The predicted molar refractivity (Wildman–Crippen MR) is 93.8 cm³/mol. The van der Waals surface area contributed by atoms with Gasteiger partial charge in [-0.15, -0.1) is 11.3 Å². The molecule has 0 saturated carbocycles. The Hall–Kier alpha value is -2.22. The summed E-state index contributed by atoms with van der Waals surface area (Å²) in [5, 5.41) is 1.80. The van der Waals surface area contributed by atoms with Gasteiger partial charge in [0.15, 0.2) is 4.96 Å². The minimum atomic E-state index is -0.410. The predicted octanol–water partition coefficient (Wildman–Crippen LogP) is 1.23. The first-order valence-corrected chi connectivity index (χ1v) is 9.53. The van der Waals surface area contributed by atoms with Crippen LogP contribution < -0.4 is 5.56 Å². The van der Waals surface area contributed by atoms with Crippen molar-refractivity contribution < 1.29 is 9.59 Å². The SMILES string of the molecule is CCCN1C(=O)[C@H]2CC[C@@H]1CN(C(=O)c1cc(=O)nc3sccn13)C2. The second kappa shape index (κ2) is 6.25. The van der Waals surface area contributed by atoms with Gasteiger partial charge < -0.3 is 9.80 Å².